The number of carbonyl (C=O) groups is 3. The van der Waals surface area contributed by atoms with Crippen LogP contribution in [0, 0.1) is 17.8 Å². The van der Waals surface area contributed by atoms with Crippen molar-refractivity contribution in [2.45, 2.75) is 79.7 Å². The molecule has 15 heteroatoms. The fourth-order valence-electron chi connectivity index (χ4n) is 5.44. The summed E-state index contributed by atoms with van der Waals surface area (Å²) in [5, 5.41) is 14.1. The lowest BCUT2D eigenvalue weighted by Crippen LogP contribution is -2.29. The number of fused-ring (bicyclic) bond motifs is 2. The molecular formula is C35H65N5O10. The molecule has 0 aromatic carbocycles. The molecule has 290 valence electrons. The van der Waals surface area contributed by atoms with Crippen LogP contribution in [0.15, 0.2) is 0 Å². The summed E-state index contributed by atoms with van der Waals surface area (Å²) in [6.45, 7) is 16.3. The zero-order valence-corrected chi connectivity index (χ0v) is 31.5. The number of rotatable bonds is 26. The molecule has 0 radical (unpaired) electrons. The molecule has 0 bridgehead atoms. The lowest BCUT2D eigenvalue weighted by Gasteiger charge is -2.11. The third-order valence-corrected chi connectivity index (χ3v) is 8.06. The molecule has 50 heavy (non-hydrogen) atoms. The molecule has 0 spiro atoms. The van der Waals surface area contributed by atoms with E-state index in [1.165, 1.54) is 12.6 Å². The summed E-state index contributed by atoms with van der Waals surface area (Å²) in [7, 11) is 1.60. The van der Waals surface area contributed by atoms with Crippen molar-refractivity contribution in [3.63, 3.8) is 0 Å². The van der Waals surface area contributed by atoms with Crippen LogP contribution in [0.5, 0.6) is 0 Å². The minimum atomic E-state index is -0.418. The van der Waals surface area contributed by atoms with Crippen molar-refractivity contribution >= 4 is 17.8 Å². The Morgan fingerprint density at radius 1 is 0.720 bits per heavy atom. The molecule has 1 fully saturated rings. The Morgan fingerprint density at radius 3 is 1.82 bits per heavy atom. The Morgan fingerprint density at radius 2 is 1.24 bits per heavy atom. The van der Waals surface area contributed by atoms with Gasteiger partial charge in [0.05, 0.1) is 104 Å². The minimum absolute atomic E-state index is 0.0395. The molecule has 3 unspecified atom stereocenters. The SMILES string of the molecule is CC.CC.CNC(=O)CCOCCOCCOCCn1nnc2c1CCC1C(CC2)C1COC(=O)NCCOCCOCCOCCC(C)=O. The number of Topliss-reactive ketones (excluding diaryl/α,β-unsaturated/α-hetero) is 1. The number of ketones is 1. The second-order valence-corrected chi connectivity index (χ2v) is 11.3. The van der Waals surface area contributed by atoms with Crippen molar-refractivity contribution in [2.75, 3.05) is 99.5 Å². The maximum absolute atomic E-state index is 12.2. The van der Waals surface area contributed by atoms with Gasteiger partial charge in [0, 0.05) is 26.4 Å². The smallest absolute Gasteiger partial charge is 0.407 e. The molecule has 2 amide bonds. The first-order chi connectivity index (χ1) is 24.5. The molecule has 15 nitrogen and oxygen atoms in total. The average molecular weight is 716 g/mol. The molecule has 0 saturated heterocycles. The normalized spacial score (nSPS) is 17.4. The number of carbonyl (C=O) groups excluding carboxylic acids is 3. The monoisotopic (exact) mass is 715 g/mol. The lowest BCUT2D eigenvalue weighted by molar-refractivity contribution is -0.122. The van der Waals surface area contributed by atoms with Gasteiger partial charge in [0.15, 0.2) is 0 Å². The van der Waals surface area contributed by atoms with Gasteiger partial charge in [0.2, 0.25) is 5.91 Å². The summed E-state index contributed by atoms with van der Waals surface area (Å²) in [6, 6.07) is 0. The maximum Gasteiger partial charge on any atom is 0.407 e. The highest BCUT2D eigenvalue weighted by molar-refractivity contribution is 5.75. The maximum atomic E-state index is 12.2. The summed E-state index contributed by atoms with van der Waals surface area (Å²) in [4.78, 5) is 34.1. The molecule has 1 heterocycles. The van der Waals surface area contributed by atoms with Crippen LogP contribution in [0.1, 0.15) is 71.7 Å². The van der Waals surface area contributed by atoms with Gasteiger partial charge in [-0.15, -0.1) is 5.10 Å². The van der Waals surface area contributed by atoms with Gasteiger partial charge in [-0.3, -0.25) is 9.59 Å². The van der Waals surface area contributed by atoms with Gasteiger partial charge in [-0.2, -0.15) is 0 Å². The van der Waals surface area contributed by atoms with Crippen LogP contribution >= 0.6 is 0 Å². The molecule has 1 saturated carbocycles. The predicted octanol–water partition coefficient (Wildman–Crippen LogP) is 3.01. The Labute approximate surface area is 299 Å². The van der Waals surface area contributed by atoms with E-state index in [2.05, 4.69) is 20.9 Å². The van der Waals surface area contributed by atoms with E-state index in [9.17, 15) is 14.4 Å². The van der Waals surface area contributed by atoms with Crippen molar-refractivity contribution in [1.82, 2.24) is 25.6 Å². The summed E-state index contributed by atoms with van der Waals surface area (Å²) in [5.41, 5.74) is 2.24. The van der Waals surface area contributed by atoms with Crippen LogP contribution in [0.2, 0.25) is 0 Å². The van der Waals surface area contributed by atoms with Gasteiger partial charge < -0.3 is 43.8 Å². The third-order valence-electron chi connectivity index (χ3n) is 8.06. The van der Waals surface area contributed by atoms with Gasteiger partial charge in [-0.05, 0) is 50.4 Å². The van der Waals surface area contributed by atoms with Crippen LogP contribution in [-0.4, -0.2) is 132 Å². The Kier molecular flexibility index (Phi) is 27.2. The molecule has 2 N–H and O–H groups in total. The highest BCUT2D eigenvalue weighted by Crippen LogP contribution is 2.52. The molecule has 2 aliphatic carbocycles. The van der Waals surface area contributed by atoms with Crippen LogP contribution < -0.4 is 10.6 Å². The standard InChI is InChI=1S/C31H53N5O10.2C2H6/c1-24(37)7-11-40-15-19-44-21-17-42-13-9-33-31(39)46-23-27-25-3-5-28-29(6-4-26(25)27)36(35-34-28)10-14-43-18-22-45-20-16-41-12-8-30(38)32-2;2*1-2/h25-27H,3-23H2,1-2H3,(H,32,38)(H,33,39);2*1-2H3. The van der Waals surface area contributed by atoms with Crippen LogP contribution in [0.25, 0.3) is 0 Å². The Bertz CT molecular complexity index is 1030. The van der Waals surface area contributed by atoms with Crippen molar-refractivity contribution in [3.05, 3.63) is 11.4 Å². The van der Waals surface area contributed by atoms with E-state index in [0.717, 1.165) is 31.4 Å². The molecular weight excluding hydrogens is 650 g/mol. The van der Waals surface area contributed by atoms with Gasteiger partial charge >= 0.3 is 6.09 Å². The van der Waals surface area contributed by atoms with Gasteiger partial charge in [-0.25, -0.2) is 9.48 Å². The number of amides is 2. The first-order valence-electron chi connectivity index (χ1n) is 18.5. The number of hydrogen-bond acceptors (Lipinski definition) is 12. The summed E-state index contributed by atoms with van der Waals surface area (Å²) in [5.74, 6) is 1.56. The number of aromatic nitrogens is 3. The van der Waals surface area contributed by atoms with Crippen LogP contribution in [0.4, 0.5) is 4.79 Å². The molecule has 1 aromatic heterocycles. The Hall–Kier alpha value is -2.69. The van der Waals surface area contributed by atoms with E-state index in [1.54, 1.807) is 7.05 Å². The van der Waals surface area contributed by atoms with E-state index in [0.29, 0.717) is 130 Å². The Balaban J connectivity index is 0.00000301. The summed E-state index contributed by atoms with van der Waals surface area (Å²) in [6.07, 6.45) is 4.19. The van der Waals surface area contributed by atoms with E-state index >= 15 is 0 Å². The highest BCUT2D eigenvalue weighted by Gasteiger charge is 2.50. The quantitative estimate of drug-likeness (QED) is 0.135. The average Bonchev–Trinajstić information content (AvgIpc) is 3.64. The molecule has 2 aliphatic rings. The minimum Gasteiger partial charge on any atom is -0.449 e. The van der Waals surface area contributed by atoms with Crippen molar-refractivity contribution in [1.29, 1.82) is 0 Å². The molecule has 3 atom stereocenters. The first kappa shape index (κ1) is 45.3. The zero-order valence-electron chi connectivity index (χ0n) is 31.5. The van der Waals surface area contributed by atoms with Gasteiger partial charge in [0.1, 0.15) is 5.78 Å². The molecule has 1 aromatic rings. The summed E-state index contributed by atoms with van der Waals surface area (Å²) < 4.78 is 40.2. The van der Waals surface area contributed by atoms with Crippen molar-refractivity contribution in [3.8, 4) is 0 Å². The number of aryl methyl sites for hydroxylation is 1. The largest absolute Gasteiger partial charge is 0.449 e. The van der Waals surface area contributed by atoms with Crippen LogP contribution in [-0.2, 0) is 62.1 Å². The van der Waals surface area contributed by atoms with Crippen molar-refractivity contribution in [2.24, 2.45) is 17.8 Å². The molecule has 3 rings (SSSR count). The van der Waals surface area contributed by atoms with Crippen molar-refractivity contribution < 1.29 is 47.5 Å². The zero-order chi connectivity index (χ0) is 36.8. The van der Waals surface area contributed by atoms with Gasteiger partial charge in [-0.1, -0.05) is 32.9 Å². The second-order valence-electron chi connectivity index (χ2n) is 11.3. The second kappa shape index (κ2) is 30.0. The first-order valence-corrected chi connectivity index (χ1v) is 18.5. The van der Waals surface area contributed by atoms with E-state index < -0.39 is 6.09 Å². The number of ether oxygens (including phenoxy) is 7. The fourth-order valence-corrected chi connectivity index (χ4v) is 5.44. The number of alkyl carbamates (subject to hydrolysis) is 1. The topological polar surface area (TPSA) is 171 Å². The highest BCUT2D eigenvalue weighted by atomic mass is 16.6. The van der Waals surface area contributed by atoms with Gasteiger partial charge in [0.25, 0.3) is 0 Å². The van der Waals surface area contributed by atoms with E-state index in [1.807, 2.05) is 32.4 Å². The number of nitrogens with zero attached hydrogens (tertiary/aromatic N) is 3. The third kappa shape index (κ3) is 20.2. The van der Waals surface area contributed by atoms with E-state index in [4.69, 9.17) is 33.2 Å². The fraction of sp³-hybridized carbons (Fsp3) is 0.857. The number of hydrogen-bond donors (Lipinski definition) is 2. The predicted molar refractivity (Wildman–Crippen MR) is 188 cm³/mol. The number of nitrogens with one attached hydrogen (secondary N) is 2. The molecule has 0 aliphatic heterocycles. The van der Waals surface area contributed by atoms with E-state index in [-0.39, 0.29) is 11.7 Å². The summed E-state index contributed by atoms with van der Waals surface area (Å²) >= 11 is 0. The van der Waals surface area contributed by atoms with Crippen LogP contribution in [0.3, 0.4) is 0 Å². The lowest BCUT2D eigenvalue weighted by atomic mass is 10.0.